The summed E-state index contributed by atoms with van der Waals surface area (Å²) in [6.07, 6.45) is 3.39. The third-order valence-electron chi connectivity index (χ3n) is 4.68. The molecule has 0 amide bonds. The molecule has 0 bridgehead atoms. The number of hydrogen-bond donors (Lipinski definition) is 2. The van der Waals surface area contributed by atoms with Crippen LogP contribution in [0.15, 0.2) is 36.4 Å². The molecule has 146 valence electrons. The van der Waals surface area contributed by atoms with Gasteiger partial charge in [-0.3, -0.25) is 4.79 Å². The number of phenolic OH excluding ortho intramolecular Hbond substituents is 2. The Morgan fingerprint density at radius 1 is 0.926 bits per heavy atom. The highest BCUT2D eigenvalue weighted by molar-refractivity contribution is 5.78. The predicted octanol–water partition coefficient (Wildman–Crippen LogP) is 4.28. The molecule has 5 nitrogen and oxygen atoms in total. The maximum absolute atomic E-state index is 12.3. The van der Waals surface area contributed by atoms with E-state index in [0.717, 1.165) is 24.0 Å². The Morgan fingerprint density at radius 3 is 1.96 bits per heavy atom. The van der Waals surface area contributed by atoms with Gasteiger partial charge in [0.15, 0.2) is 23.0 Å². The molecule has 0 aliphatic heterocycles. The fourth-order valence-corrected chi connectivity index (χ4v) is 3.04. The Kier molecular flexibility index (Phi) is 7.53. The average molecular weight is 372 g/mol. The fraction of sp³-hybridized carbons (Fsp3) is 0.409. The van der Waals surface area contributed by atoms with E-state index in [1.165, 1.54) is 14.2 Å². The van der Waals surface area contributed by atoms with Crippen LogP contribution in [0, 0.1) is 5.92 Å². The van der Waals surface area contributed by atoms with Crippen LogP contribution >= 0.6 is 0 Å². The van der Waals surface area contributed by atoms with Crippen LogP contribution in [0.2, 0.25) is 0 Å². The maximum Gasteiger partial charge on any atom is 0.160 e. The molecule has 1 unspecified atom stereocenters. The van der Waals surface area contributed by atoms with Crippen molar-refractivity contribution in [3.8, 4) is 23.0 Å². The van der Waals surface area contributed by atoms with Crippen LogP contribution in [0.25, 0.3) is 0 Å². The minimum absolute atomic E-state index is 0.104. The molecular formula is C22H28O5. The number of ketones is 1. The molecule has 2 aromatic carbocycles. The Morgan fingerprint density at radius 2 is 1.44 bits per heavy atom. The van der Waals surface area contributed by atoms with Gasteiger partial charge in [0.25, 0.3) is 0 Å². The summed E-state index contributed by atoms with van der Waals surface area (Å²) in [5, 5.41) is 19.3. The van der Waals surface area contributed by atoms with Gasteiger partial charge in [-0.1, -0.05) is 19.1 Å². The number of aryl methyl sites for hydroxylation is 2. The van der Waals surface area contributed by atoms with Crippen molar-refractivity contribution in [3.63, 3.8) is 0 Å². The van der Waals surface area contributed by atoms with Crippen molar-refractivity contribution < 1.29 is 24.5 Å². The van der Waals surface area contributed by atoms with Crippen LogP contribution in [-0.4, -0.2) is 30.2 Å². The monoisotopic (exact) mass is 372 g/mol. The molecule has 1 atom stereocenters. The van der Waals surface area contributed by atoms with Crippen LogP contribution in [0.4, 0.5) is 0 Å². The van der Waals surface area contributed by atoms with E-state index in [1.54, 1.807) is 18.2 Å². The summed E-state index contributed by atoms with van der Waals surface area (Å²) in [6, 6.07) is 10.5. The Bertz CT molecular complexity index is 769. The highest BCUT2D eigenvalue weighted by Gasteiger charge is 2.11. The van der Waals surface area contributed by atoms with E-state index >= 15 is 0 Å². The molecule has 0 aliphatic rings. The number of aromatic hydroxyl groups is 2. The Balaban J connectivity index is 1.78. The van der Waals surface area contributed by atoms with Crippen molar-refractivity contribution in [2.24, 2.45) is 5.92 Å². The highest BCUT2D eigenvalue weighted by atomic mass is 16.5. The molecule has 0 fully saturated rings. The van der Waals surface area contributed by atoms with Crippen molar-refractivity contribution >= 4 is 5.78 Å². The molecule has 27 heavy (non-hydrogen) atoms. The first-order chi connectivity index (χ1) is 12.9. The van der Waals surface area contributed by atoms with Crippen molar-refractivity contribution in [2.45, 2.75) is 39.0 Å². The SMILES string of the molecule is COc1cc(CCC(=O)CC(C)CCc2ccc(O)c(OC)c2)ccc1O. The van der Waals surface area contributed by atoms with Gasteiger partial charge in [-0.05, 0) is 60.6 Å². The average Bonchev–Trinajstić information content (AvgIpc) is 2.66. The van der Waals surface area contributed by atoms with Crippen molar-refractivity contribution in [2.75, 3.05) is 14.2 Å². The number of ether oxygens (including phenoxy) is 2. The van der Waals surface area contributed by atoms with Gasteiger partial charge in [0, 0.05) is 12.8 Å². The van der Waals surface area contributed by atoms with Crippen LogP contribution < -0.4 is 9.47 Å². The van der Waals surface area contributed by atoms with Gasteiger partial charge in [0.05, 0.1) is 14.2 Å². The topological polar surface area (TPSA) is 76.0 Å². The summed E-state index contributed by atoms with van der Waals surface area (Å²) in [4.78, 5) is 12.3. The van der Waals surface area contributed by atoms with Crippen LogP contribution in [0.3, 0.4) is 0 Å². The van der Waals surface area contributed by atoms with E-state index in [4.69, 9.17) is 9.47 Å². The van der Waals surface area contributed by atoms with Crippen LogP contribution in [0.5, 0.6) is 23.0 Å². The molecule has 0 aromatic heterocycles. The lowest BCUT2D eigenvalue weighted by Gasteiger charge is -2.12. The lowest BCUT2D eigenvalue weighted by molar-refractivity contribution is -0.119. The molecule has 0 saturated carbocycles. The summed E-state index contributed by atoms with van der Waals surface area (Å²) >= 11 is 0. The summed E-state index contributed by atoms with van der Waals surface area (Å²) < 4.78 is 10.2. The van der Waals surface area contributed by atoms with Gasteiger partial charge in [0.1, 0.15) is 5.78 Å². The van der Waals surface area contributed by atoms with Gasteiger partial charge < -0.3 is 19.7 Å². The molecule has 0 spiro atoms. The van der Waals surface area contributed by atoms with Gasteiger partial charge in [0.2, 0.25) is 0 Å². The van der Waals surface area contributed by atoms with E-state index in [-0.39, 0.29) is 23.2 Å². The third kappa shape index (κ3) is 6.20. The minimum Gasteiger partial charge on any atom is -0.504 e. The molecule has 0 saturated heterocycles. The smallest absolute Gasteiger partial charge is 0.160 e. The van der Waals surface area contributed by atoms with Gasteiger partial charge in [-0.15, -0.1) is 0 Å². The lowest BCUT2D eigenvalue weighted by atomic mass is 9.94. The minimum atomic E-state index is 0.104. The Labute approximate surface area is 160 Å². The molecule has 2 aromatic rings. The first kappa shape index (κ1) is 20.6. The van der Waals surface area contributed by atoms with Crippen molar-refractivity contribution in [1.82, 2.24) is 0 Å². The molecule has 0 radical (unpaired) electrons. The number of Topliss-reactive ketones (excluding diaryl/α,β-unsaturated/α-hetero) is 1. The fourth-order valence-electron chi connectivity index (χ4n) is 3.04. The number of carbonyl (C=O) groups excluding carboxylic acids is 1. The normalized spacial score (nSPS) is 11.8. The van der Waals surface area contributed by atoms with E-state index in [1.807, 2.05) is 18.2 Å². The zero-order valence-electron chi connectivity index (χ0n) is 16.2. The number of hydrogen-bond acceptors (Lipinski definition) is 5. The molecule has 0 heterocycles. The number of methoxy groups -OCH3 is 2. The zero-order valence-corrected chi connectivity index (χ0v) is 16.2. The number of rotatable bonds is 10. The zero-order chi connectivity index (χ0) is 19.8. The number of carbonyl (C=O) groups is 1. The second-order valence-electron chi connectivity index (χ2n) is 6.90. The van der Waals surface area contributed by atoms with Crippen molar-refractivity contribution in [1.29, 1.82) is 0 Å². The van der Waals surface area contributed by atoms with Gasteiger partial charge >= 0.3 is 0 Å². The third-order valence-corrected chi connectivity index (χ3v) is 4.68. The molecule has 2 N–H and O–H groups in total. The summed E-state index contributed by atoms with van der Waals surface area (Å²) in [5.41, 5.74) is 2.06. The van der Waals surface area contributed by atoms with E-state index in [9.17, 15) is 15.0 Å². The van der Waals surface area contributed by atoms with Crippen LogP contribution in [0.1, 0.15) is 37.3 Å². The number of phenols is 2. The van der Waals surface area contributed by atoms with Gasteiger partial charge in [-0.25, -0.2) is 0 Å². The van der Waals surface area contributed by atoms with E-state index < -0.39 is 0 Å². The quantitative estimate of drug-likeness (QED) is 0.651. The summed E-state index contributed by atoms with van der Waals surface area (Å²) in [5.74, 6) is 1.66. The molecule has 5 heteroatoms. The second-order valence-corrected chi connectivity index (χ2v) is 6.90. The number of benzene rings is 2. The molecule has 2 rings (SSSR count). The van der Waals surface area contributed by atoms with E-state index in [0.29, 0.717) is 30.8 Å². The summed E-state index contributed by atoms with van der Waals surface area (Å²) in [6.45, 7) is 2.08. The predicted molar refractivity (Wildman–Crippen MR) is 105 cm³/mol. The molecular weight excluding hydrogens is 344 g/mol. The largest absolute Gasteiger partial charge is 0.504 e. The Hall–Kier alpha value is -2.69. The highest BCUT2D eigenvalue weighted by Crippen LogP contribution is 2.28. The van der Waals surface area contributed by atoms with Crippen LogP contribution in [-0.2, 0) is 17.6 Å². The van der Waals surface area contributed by atoms with E-state index in [2.05, 4.69) is 6.92 Å². The maximum atomic E-state index is 12.3. The lowest BCUT2D eigenvalue weighted by Crippen LogP contribution is -2.08. The first-order valence-electron chi connectivity index (χ1n) is 9.16. The van der Waals surface area contributed by atoms with Crippen molar-refractivity contribution in [3.05, 3.63) is 47.5 Å². The standard InChI is InChI=1S/C22H28O5/c1-15(4-5-16-7-10-19(24)21(13-16)26-2)12-18(23)9-6-17-8-11-20(25)22(14-17)27-3/h7-8,10-11,13-15,24-25H,4-6,9,12H2,1-3H3. The second kappa shape index (κ2) is 9.86. The van der Waals surface area contributed by atoms with Gasteiger partial charge in [-0.2, -0.15) is 0 Å². The summed E-state index contributed by atoms with van der Waals surface area (Å²) in [7, 11) is 3.04. The molecule has 0 aliphatic carbocycles. The first-order valence-corrected chi connectivity index (χ1v) is 9.16.